The van der Waals surface area contributed by atoms with E-state index in [1.54, 1.807) is 36.7 Å². The lowest BCUT2D eigenvalue weighted by molar-refractivity contribution is 0.0594. The summed E-state index contributed by atoms with van der Waals surface area (Å²) in [5, 5.41) is 11.8. The fraction of sp³-hybridized carbons (Fsp3) is 0.0556. The molecule has 4 heterocycles. The van der Waals surface area contributed by atoms with E-state index in [-0.39, 0.29) is 5.69 Å². The average molecular weight is 447 g/mol. The van der Waals surface area contributed by atoms with Crippen LogP contribution in [0.15, 0.2) is 59.6 Å². The lowest BCUT2D eigenvalue weighted by Gasteiger charge is -2.03. The molecule has 0 atom stereocenters. The SMILES string of the molecule is COC(=O)c1cccc(Nc2nccs2)n1.Clc1cccc(Nc2nccs2)n1. The van der Waals surface area contributed by atoms with Crippen molar-refractivity contribution < 1.29 is 9.53 Å². The van der Waals surface area contributed by atoms with Gasteiger partial charge < -0.3 is 15.4 Å². The van der Waals surface area contributed by atoms with Gasteiger partial charge in [0, 0.05) is 23.2 Å². The predicted molar refractivity (Wildman–Crippen MR) is 116 cm³/mol. The van der Waals surface area contributed by atoms with Crippen LogP contribution in [0.4, 0.5) is 21.9 Å². The fourth-order valence-electron chi connectivity index (χ4n) is 1.99. The second kappa shape index (κ2) is 10.5. The largest absolute Gasteiger partial charge is 0.464 e. The monoisotopic (exact) mass is 446 g/mol. The first-order valence-electron chi connectivity index (χ1n) is 8.15. The Morgan fingerprint density at radius 2 is 1.52 bits per heavy atom. The summed E-state index contributed by atoms with van der Waals surface area (Å²) >= 11 is 8.69. The van der Waals surface area contributed by atoms with E-state index in [2.05, 4.69) is 35.3 Å². The Hall–Kier alpha value is -3.08. The number of pyridine rings is 2. The molecule has 0 fully saturated rings. The first-order valence-corrected chi connectivity index (χ1v) is 10.3. The Labute approximate surface area is 179 Å². The van der Waals surface area contributed by atoms with E-state index in [1.165, 1.54) is 29.8 Å². The van der Waals surface area contributed by atoms with Gasteiger partial charge in [-0.2, -0.15) is 0 Å². The lowest BCUT2D eigenvalue weighted by atomic mass is 10.3. The van der Waals surface area contributed by atoms with Gasteiger partial charge in [0.1, 0.15) is 16.8 Å². The van der Waals surface area contributed by atoms with Gasteiger partial charge in [-0.15, -0.1) is 22.7 Å². The maximum Gasteiger partial charge on any atom is 0.356 e. The Balaban J connectivity index is 0.000000169. The molecule has 0 aliphatic carbocycles. The number of ether oxygens (including phenoxy) is 1. The second-order valence-electron chi connectivity index (χ2n) is 5.17. The number of nitrogens with one attached hydrogen (secondary N) is 2. The van der Waals surface area contributed by atoms with Crippen molar-refractivity contribution in [3.8, 4) is 0 Å². The zero-order chi connectivity index (χ0) is 20.5. The molecule has 0 saturated carbocycles. The van der Waals surface area contributed by atoms with Gasteiger partial charge in [0.2, 0.25) is 0 Å². The van der Waals surface area contributed by atoms with Gasteiger partial charge in [-0.25, -0.2) is 24.7 Å². The first-order chi connectivity index (χ1) is 14.1. The van der Waals surface area contributed by atoms with Crippen LogP contribution in [0, 0.1) is 0 Å². The predicted octanol–water partition coefficient (Wildman–Crippen LogP) is 5.00. The number of nitrogens with zero attached hydrogens (tertiary/aromatic N) is 4. The lowest BCUT2D eigenvalue weighted by Crippen LogP contribution is -2.05. The van der Waals surface area contributed by atoms with Gasteiger partial charge in [-0.1, -0.05) is 23.7 Å². The summed E-state index contributed by atoms with van der Waals surface area (Å²) in [5.74, 6) is 0.822. The molecule has 0 aliphatic heterocycles. The third-order valence-corrected chi connectivity index (χ3v) is 4.78. The molecule has 0 aromatic carbocycles. The summed E-state index contributed by atoms with van der Waals surface area (Å²) in [6.07, 6.45) is 3.43. The zero-order valence-corrected chi connectivity index (χ0v) is 17.5. The van der Waals surface area contributed by atoms with Crippen LogP contribution in [0.3, 0.4) is 0 Å². The van der Waals surface area contributed by atoms with Crippen LogP contribution in [-0.2, 0) is 4.74 Å². The number of rotatable bonds is 5. The van der Waals surface area contributed by atoms with Gasteiger partial charge in [0.05, 0.1) is 7.11 Å². The number of carbonyl (C=O) groups excluding carboxylic acids is 1. The number of esters is 1. The summed E-state index contributed by atoms with van der Waals surface area (Å²) in [7, 11) is 1.32. The van der Waals surface area contributed by atoms with Gasteiger partial charge in [0.15, 0.2) is 16.0 Å². The molecule has 8 nitrogen and oxygen atoms in total. The molecule has 29 heavy (non-hydrogen) atoms. The standard InChI is InChI=1S/C10H9N3O2S.C8H6ClN3S/c1-15-9(14)7-3-2-4-8(12-7)13-10-11-5-6-16-10;9-6-2-1-3-7(11-6)12-8-10-4-5-13-8/h2-6H,1H3,(H,11,12,13);1-5H,(H,10,11,12). The average Bonchev–Trinajstić information content (AvgIpc) is 3.42. The summed E-state index contributed by atoms with van der Waals surface area (Å²) in [6, 6.07) is 10.5. The molecule has 11 heteroatoms. The highest BCUT2D eigenvalue weighted by molar-refractivity contribution is 7.13. The molecule has 0 unspecified atom stereocenters. The van der Waals surface area contributed by atoms with Gasteiger partial charge in [0.25, 0.3) is 0 Å². The van der Waals surface area contributed by atoms with Crippen LogP contribution in [0.25, 0.3) is 0 Å². The molecule has 0 aliphatic rings. The quantitative estimate of drug-likeness (QED) is 0.326. The fourth-order valence-corrected chi connectivity index (χ4v) is 3.23. The molecule has 0 radical (unpaired) electrons. The molecule has 148 valence electrons. The smallest absolute Gasteiger partial charge is 0.356 e. The number of anilines is 4. The van der Waals surface area contributed by atoms with Gasteiger partial charge >= 0.3 is 5.97 Å². The van der Waals surface area contributed by atoms with Crippen LogP contribution >= 0.6 is 34.3 Å². The molecule has 0 amide bonds. The van der Waals surface area contributed by atoms with Crippen molar-refractivity contribution in [2.75, 3.05) is 17.7 Å². The minimum Gasteiger partial charge on any atom is -0.464 e. The molecule has 4 aromatic heterocycles. The molecule has 2 N–H and O–H groups in total. The zero-order valence-electron chi connectivity index (χ0n) is 15.1. The third kappa shape index (κ3) is 6.49. The van der Waals surface area contributed by atoms with Crippen LogP contribution in [-0.4, -0.2) is 33.0 Å². The molecule has 0 saturated heterocycles. The van der Waals surface area contributed by atoms with E-state index in [0.717, 1.165) is 10.3 Å². The van der Waals surface area contributed by atoms with E-state index < -0.39 is 5.97 Å². The van der Waals surface area contributed by atoms with Crippen molar-refractivity contribution >= 4 is 62.1 Å². The number of carbonyl (C=O) groups is 1. The van der Waals surface area contributed by atoms with Gasteiger partial charge in [-0.05, 0) is 24.3 Å². The molecule has 0 spiro atoms. The second-order valence-corrected chi connectivity index (χ2v) is 7.35. The van der Waals surface area contributed by atoms with Crippen molar-refractivity contribution in [3.63, 3.8) is 0 Å². The summed E-state index contributed by atoms with van der Waals surface area (Å²) < 4.78 is 4.58. The van der Waals surface area contributed by atoms with E-state index in [0.29, 0.717) is 16.8 Å². The molecule has 0 bridgehead atoms. The number of hydrogen-bond donors (Lipinski definition) is 2. The Morgan fingerprint density at radius 1 is 0.931 bits per heavy atom. The number of aromatic nitrogens is 4. The highest BCUT2D eigenvalue weighted by Gasteiger charge is 2.07. The summed E-state index contributed by atoms with van der Waals surface area (Å²) in [6.45, 7) is 0. The highest BCUT2D eigenvalue weighted by Crippen LogP contribution is 2.18. The number of halogens is 1. The Bertz CT molecular complexity index is 1040. The first kappa shape index (κ1) is 20.6. The topological polar surface area (TPSA) is 102 Å². The minimum absolute atomic E-state index is 0.268. The normalized spacial score (nSPS) is 9.86. The van der Waals surface area contributed by atoms with Crippen molar-refractivity contribution in [2.24, 2.45) is 0 Å². The highest BCUT2D eigenvalue weighted by atomic mass is 35.5. The molecule has 4 aromatic rings. The van der Waals surface area contributed by atoms with E-state index in [4.69, 9.17) is 11.6 Å². The summed E-state index contributed by atoms with van der Waals surface area (Å²) in [4.78, 5) is 27.5. The molecule has 4 rings (SSSR count). The maximum absolute atomic E-state index is 11.2. The van der Waals surface area contributed by atoms with E-state index in [9.17, 15) is 4.79 Å². The van der Waals surface area contributed by atoms with Crippen molar-refractivity contribution in [3.05, 3.63) is 70.4 Å². The molecular weight excluding hydrogens is 432 g/mol. The number of hydrogen-bond acceptors (Lipinski definition) is 10. The van der Waals surface area contributed by atoms with Crippen molar-refractivity contribution in [2.45, 2.75) is 0 Å². The van der Waals surface area contributed by atoms with E-state index >= 15 is 0 Å². The molecular formula is C18H15ClN6O2S2. The summed E-state index contributed by atoms with van der Waals surface area (Å²) in [5.41, 5.74) is 0.268. The van der Waals surface area contributed by atoms with Crippen LogP contribution in [0.1, 0.15) is 10.5 Å². The Kier molecular flexibility index (Phi) is 7.45. The van der Waals surface area contributed by atoms with Crippen LogP contribution < -0.4 is 10.6 Å². The maximum atomic E-state index is 11.2. The third-order valence-electron chi connectivity index (χ3n) is 3.19. The van der Waals surface area contributed by atoms with Crippen LogP contribution in [0.2, 0.25) is 5.15 Å². The van der Waals surface area contributed by atoms with Crippen molar-refractivity contribution in [1.82, 2.24) is 19.9 Å². The number of methoxy groups -OCH3 is 1. The van der Waals surface area contributed by atoms with Crippen molar-refractivity contribution in [1.29, 1.82) is 0 Å². The number of thiazole rings is 2. The van der Waals surface area contributed by atoms with Crippen LogP contribution in [0.5, 0.6) is 0 Å². The minimum atomic E-state index is -0.456. The Morgan fingerprint density at radius 3 is 2.03 bits per heavy atom. The van der Waals surface area contributed by atoms with E-state index in [1.807, 2.05) is 22.9 Å². The van der Waals surface area contributed by atoms with Gasteiger partial charge in [-0.3, -0.25) is 0 Å².